The lowest BCUT2D eigenvalue weighted by atomic mass is 9.96. The number of ether oxygens (including phenoxy) is 2. The molecule has 1 fully saturated rings. The Morgan fingerprint density at radius 2 is 1.94 bits per heavy atom. The maximum absolute atomic E-state index is 13.0. The molecule has 1 amide bonds. The van der Waals surface area contributed by atoms with Crippen molar-refractivity contribution in [1.29, 1.82) is 0 Å². The van der Waals surface area contributed by atoms with Crippen LogP contribution in [0.15, 0.2) is 51.8 Å². The van der Waals surface area contributed by atoms with Crippen molar-refractivity contribution in [3.8, 4) is 5.75 Å². The Labute approximate surface area is 186 Å². The minimum atomic E-state index is -3.73. The predicted molar refractivity (Wildman–Crippen MR) is 117 cm³/mol. The van der Waals surface area contributed by atoms with Gasteiger partial charge in [-0.3, -0.25) is 4.79 Å². The van der Waals surface area contributed by atoms with E-state index in [1.807, 2.05) is 4.90 Å². The molecule has 2 aliphatic heterocycles. The number of rotatable bonds is 4. The maximum atomic E-state index is 13.0. The Morgan fingerprint density at radius 1 is 1.16 bits per heavy atom. The summed E-state index contributed by atoms with van der Waals surface area (Å²) in [6, 6.07) is 11.4. The summed E-state index contributed by atoms with van der Waals surface area (Å²) in [7, 11) is -0.987. The van der Waals surface area contributed by atoms with Gasteiger partial charge in [0, 0.05) is 18.7 Å². The van der Waals surface area contributed by atoms with Crippen molar-refractivity contribution in [2.24, 2.45) is 10.3 Å². The van der Waals surface area contributed by atoms with Crippen molar-refractivity contribution in [3.05, 3.63) is 53.6 Å². The van der Waals surface area contributed by atoms with Crippen LogP contribution in [0.1, 0.15) is 28.8 Å². The van der Waals surface area contributed by atoms with E-state index < -0.39 is 21.9 Å². The summed E-state index contributed by atoms with van der Waals surface area (Å²) in [5, 5.41) is 2.81. The van der Waals surface area contributed by atoms with Gasteiger partial charge in [0.2, 0.25) is 5.91 Å². The molecule has 2 aromatic carbocycles. The van der Waals surface area contributed by atoms with Crippen LogP contribution < -0.4 is 10.1 Å². The fraction of sp³-hybridized carbons (Fsp3) is 0.318. The summed E-state index contributed by atoms with van der Waals surface area (Å²) in [6.07, 6.45) is 1.33. The van der Waals surface area contributed by atoms with Gasteiger partial charge in [0.05, 0.1) is 31.4 Å². The first-order valence-corrected chi connectivity index (χ1v) is 11.5. The molecule has 2 aliphatic rings. The van der Waals surface area contributed by atoms with Crippen molar-refractivity contribution < 1.29 is 27.5 Å². The van der Waals surface area contributed by atoms with Gasteiger partial charge in [-0.25, -0.2) is 4.79 Å². The molecule has 1 atom stereocenters. The second-order valence-electron chi connectivity index (χ2n) is 7.56. The number of sulfonamides is 1. The maximum Gasteiger partial charge on any atom is 0.340 e. The predicted octanol–water partition coefficient (Wildman–Crippen LogP) is 2.28. The lowest BCUT2D eigenvalue weighted by molar-refractivity contribution is -0.121. The van der Waals surface area contributed by atoms with Gasteiger partial charge in [-0.15, -0.1) is 4.40 Å². The van der Waals surface area contributed by atoms with Crippen LogP contribution in [0.2, 0.25) is 0 Å². The Balaban J connectivity index is 1.54. The van der Waals surface area contributed by atoms with Crippen LogP contribution >= 0.6 is 0 Å². The first-order valence-electron chi connectivity index (χ1n) is 10.1. The summed E-state index contributed by atoms with van der Waals surface area (Å²) in [4.78, 5) is 27.2. The van der Waals surface area contributed by atoms with Gasteiger partial charge in [-0.05, 0) is 43.2 Å². The molecular formula is C22H23N3O6S. The molecule has 1 unspecified atom stereocenters. The van der Waals surface area contributed by atoms with E-state index in [4.69, 9.17) is 9.47 Å². The van der Waals surface area contributed by atoms with Gasteiger partial charge in [0.25, 0.3) is 10.0 Å². The highest BCUT2D eigenvalue weighted by atomic mass is 32.2. The molecule has 0 bridgehead atoms. The third kappa shape index (κ3) is 4.05. The third-order valence-electron chi connectivity index (χ3n) is 5.59. The third-order valence-corrected chi connectivity index (χ3v) is 6.92. The number of amidine groups is 1. The van der Waals surface area contributed by atoms with E-state index in [9.17, 15) is 18.0 Å². The zero-order chi connectivity index (χ0) is 22.9. The average molecular weight is 458 g/mol. The lowest BCUT2D eigenvalue weighted by Crippen LogP contribution is -2.43. The Kier molecular flexibility index (Phi) is 5.88. The molecule has 0 radical (unpaired) electrons. The summed E-state index contributed by atoms with van der Waals surface area (Å²) in [6.45, 7) is 0.917. The highest BCUT2D eigenvalue weighted by Crippen LogP contribution is 2.30. The number of hydrogen-bond donors (Lipinski definition) is 1. The Hall–Kier alpha value is -3.40. The van der Waals surface area contributed by atoms with Crippen LogP contribution in [0.4, 0.5) is 5.69 Å². The normalized spacial score (nSPS) is 19.0. The highest BCUT2D eigenvalue weighted by Gasteiger charge is 2.35. The van der Waals surface area contributed by atoms with E-state index >= 15 is 0 Å². The van der Waals surface area contributed by atoms with Gasteiger partial charge in [0.15, 0.2) is 5.84 Å². The first-order chi connectivity index (χ1) is 15.3. The first kappa shape index (κ1) is 21.8. The quantitative estimate of drug-likeness (QED) is 0.701. The second-order valence-corrected chi connectivity index (χ2v) is 9.14. The largest absolute Gasteiger partial charge is 0.497 e. The SMILES string of the molecule is COC(=O)c1cc(OC)ccc1NC(=O)C1CCCN(C2=NS(=O)(=O)c3ccccc32)C1. The minimum absolute atomic E-state index is 0.183. The molecular weight excluding hydrogens is 434 g/mol. The average Bonchev–Trinajstić information content (AvgIpc) is 3.10. The summed E-state index contributed by atoms with van der Waals surface area (Å²) >= 11 is 0. The molecule has 32 heavy (non-hydrogen) atoms. The Bertz CT molecular complexity index is 1210. The number of esters is 1. The molecule has 2 aromatic rings. The van der Waals surface area contributed by atoms with Crippen molar-refractivity contribution in [3.63, 3.8) is 0 Å². The summed E-state index contributed by atoms with van der Waals surface area (Å²) in [5.41, 5.74) is 1.07. The molecule has 1 saturated heterocycles. The monoisotopic (exact) mass is 457 g/mol. The van der Waals surface area contributed by atoms with Crippen LogP contribution in [-0.4, -0.2) is 58.3 Å². The smallest absolute Gasteiger partial charge is 0.340 e. The standard InChI is InChI=1S/C22H23N3O6S/c1-30-15-9-10-18(17(12-15)22(27)31-2)23-21(26)14-6-5-11-25(13-14)20-16-7-3-4-8-19(16)32(28,29)24-20/h3-4,7-10,12,14H,5-6,11,13H2,1-2H3,(H,23,26). The topological polar surface area (TPSA) is 114 Å². The van der Waals surface area contributed by atoms with E-state index in [1.165, 1.54) is 26.4 Å². The van der Waals surface area contributed by atoms with E-state index in [1.54, 1.807) is 30.3 Å². The number of carbonyl (C=O) groups is 2. The summed E-state index contributed by atoms with van der Waals surface area (Å²) in [5.74, 6) is -0.426. The number of fused-ring (bicyclic) bond motifs is 1. The van der Waals surface area contributed by atoms with Crippen molar-refractivity contribution >= 4 is 33.4 Å². The minimum Gasteiger partial charge on any atom is -0.497 e. The summed E-state index contributed by atoms with van der Waals surface area (Å²) < 4.78 is 38.7. The molecule has 0 aliphatic carbocycles. The van der Waals surface area contributed by atoms with E-state index in [0.717, 1.165) is 0 Å². The molecule has 0 saturated carbocycles. The number of nitrogens with one attached hydrogen (secondary N) is 1. The number of hydrogen-bond acceptors (Lipinski definition) is 7. The number of anilines is 1. The van der Waals surface area contributed by atoms with E-state index in [2.05, 4.69) is 9.71 Å². The zero-order valence-electron chi connectivity index (χ0n) is 17.7. The van der Waals surface area contributed by atoms with Gasteiger partial charge in [-0.2, -0.15) is 8.42 Å². The molecule has 9 nitrogen and oxygen atoms in total. The number of likely N-dealkylation sites (tertiary alicyclic amines) is 1. The van der Waals surface area contributed by atoms with Crippen LogP contribution in [0, 0.1) is 5.92 Å². The van der Waals surface area contributed by atoms with E-state index in [-0.39, 0.29) is 16.4 Å². The zero-order valence-corrected chi connectivity index (χ0v) is 18.5. The fourth-order valence-corrected chi connectivity index (χ4v) is 5.20. The van der Waals surface area contributed by atoms with Gasteiger partial charge >= 0.3 is 5.97 Å². The van der Waals surface area contributed by atoms with Crippen molar-refractivity contribution in [1.82, 2.24) is 4.90 Å². The number of nitrogens with zero attached hydrogens (tertiary/aromatic N) is 2. The number of benzene rings is 2. The van der Waals surface area contributed by atoms with Crippen LogP contribution in [0.5, 0.6) is 5.75 Å². The van der Waals surface area contributed by atoms with Crippen LogP contribution in [-0.2, 0) is 19.6 Å². The molecule has 4 rings (SSSR count). The Morgan fingerprint density at radius 3 is 2.69 bits per heavy atom. The molecule has 0 spiro atoms. The van der Waals surface area contributed by atoms with E-state index in [0.29, 0.717) is 48.8 Å². The molecule has 10 heteroatoms. The van der Waals surface area contributed by atoms with Crippen molar-refractivity contribution in [2.45, 2.75) is 17.7 Å². The van der Waals surface area contributed by atoms with Gasteiger partial charge < -0.3 is 19.7 Å². The van der Waals surface area contributed by atoms with Gasteiger partial charge in [0.1, 0.15) is 10.6 Å². The molecule has 0 aromatic heterocycles. The van der Waals surface area contributed by atoms with Gasteiger partial charge in [-0.1, -0.05) is 12.1 Å². The number of methoxy groups -OCH3 is 2. The highest BCUT2D eigenvalue weighted by molar-refractivity contribution is 7.90. The second kappa shape index (κ2) is 8.62. The molecule has 2 heterocycles. The number of amides is 1. The number of carbonyl (C=O) groups excluding carboxylic acids is 2. The van der Waals surface area contributed by atoms with Crippen LogP contribution in [0.3, 0.4) is 0 Å². The van der Waals surface area contributed by atoms with Crippen molar-refractivity contribution in [2.75, 3.05) is 32.6 Å². The lowest BCUT2D eigenvalue weighted by Gasteiger charge is -2.33. The molecule has 168 valence electrons. The van der Waals surface area contributed by atoms with Crippen LogP contribution in [0.25, 0.3) is 0 Å². The number of piperidine rings is 1. The molecule has 1 N–H and O–H groups in total. The fourth-order valence-electron chi connectivity index (χ4n) is 3.97.